The summed E-state index contributed by atoms with van der Waals surface area (Å²) in [6.07, 6.45) is 0.670. The molecule has 0 unspecified atom stereocenters. The molecule has 0 spiro atoms. The van der Waals surface area contributed by atoms with Gasteiger partial charge in [-0.15, -0.1) is 0 Å². The van der Waals surface area contributed by atoms with E-state index < -0.39 is 11.9 Å². The van der Waals surface area contributed by atoms with E-state index in [1.165, 1.54) is 12.1 Å². The van der Waals surface area contributed by atoms with E-state index in [0.717, 1.165) is 11.4 Å². The number of hydrogen-bond acceptors (Lipinski definition) is 4. The SMILES string of the molecule is Cc1cc(C(=O)O)nn1CCCn1nc(C(=O)O)cc1C. The van der Waals surface area contributed by atoms with Crippen molar-refractivity contribution in [2.24, 2.45) is 0 Å². The van der Waals surface area contributed by atoms with Crippen LogP contribution < -0.4 is 0 Å². The monoisotopic (exact) mass is 292 g/mol. The molecule has 21 heavy (non-hydrogen) atoms. The Balaban J connectivity index is 1.98. The summed E-state index contributed by atoms with van der Waals surface area (Å²) in [5.74, 6) is -2.10. The number of aryl methyl sites for hydroxylation is 4. The molecule has 0 aliphatic carbocycles. The van der Waals surface area contributed by atoms with E-state index in [2.05, 4.69) is 10.2 Å². The molecule has 0 saturated carbocycles. The number of aromatic carboxylic acids is 2. The summed E-state index contributed by atoms with van der Waals surface area (Å²) in [5.41, 5.74) is 1.60. The van der Waals surface area contributed by atoms with Gasteiger partial charge in [0.25, 0.3) is 0 Å². The van der Waals surface area contributed by atoms with Gasteiger partial charge in [0.1, 0.15) is 0 Å². The van der Waals surface area contributed by atoms with Crippen LogP contribution in [0.2, 0.25) is 0 Å². The van der Waals surface area contributed by atoms with E-state index in [1.807, 2.05) is 0 Å². The molecule has 0 fully saturated rings. The molecular formula is C13H16N4O4. The lowest BCUT2D eigenvalue weighted by Gasteiger charge is -2.06. The maximum Gasteiger partial charge on any atom is 0.356 e. The minimum Gasteiger partial charge on any atom is -0.476 e. The zero-order chi connectivity index (χ0) is 15.6. The first kappa shape index (κ1) is 14.8. The highest BCUT2D eigenvalue weighted by atomic mass is 16.4. The zero-order valence-corrected chi connectivity index (χ0v) is 11.8. The lowest BCUT2D eigenvalue weighted by molar-refractivity contribution is 0.0679. The van der Waals surface area contributed by atoms with Crippen LogP contribution >= 0.6 is 0 Å². The van der Waals surface area contributed by atoms with Crippen LogP contribution in [0.4, 0.5) is 0 Å². The Labute approximate surface area is 120 Å². The third-order valence-electron chi connectivity index (χ3n) is 3.14. The highest BCUT2D eigenvalue weighted by molar-refractivity contribution is 5.85. The number of carboxylic acids is 2. The van der Waals surface area contributed by atoms with Gasteiger partial charge in [0.15, 0.2) is 11.4 Å². The van der Waals surface area contributed by atoms with Gasteiger partial charge in [0, 0.05) is 24.5 Å². The molecule has 0 aliphatic heterocycles. The van der Waals surface area contributed by atoms with Gasteiger partial charge < -0.3 is 10.2 Å². The Bertz CT molecular complexity index is 628. The number of hydrogen-bond donors (Lipinski definition) is 2. The van der Waals surface area contributed by atoms with Crippen molar-refractivity contribution in [2.45, 2.75) is 33.4 Å². The quantitative estimate of drug-likeness (QED) is 0.827. The Kier molecular flexibility index (Phi) is 4.06. The van der Waals surface area contributed by atoms with Gasteiger partial charge >= 0.3 is 11.9 Å². The third kappa shape index (κ3) is 3.28. The van der Waals surface area contributed by atoms with E-state index in [0.29, 0.717) is 19.5 Å². The molecule has 2 heterocycles. The number of nitrogens with zero attached hydrogens (tertiary/aromatic N) is 4. The van der Waals surface area contributed by atoms with Crippen molar-refractivity contribution in [2.75, 3.05) is 0 Å². The highest BCUT2D eigenvalue weighted by Crippen LogP contribution is 2.07. The van der Waals surface area contributed by atoms with Crippen LogP contribution in [-0.4, -0.2) is 41.7 Å². The molecule has 8 heteroatoms. The lowest BCUT2D eigenvalue weighted by atomic mass is 10.3. The first-order chi connectivity index (χ1) is 9.88. The standard InChI is InChI=1S/C13H16N4O4/c1-8-6-10(12(18)19)14-16(8)4-3-5-17-9(2)7-11(15-17)13(20)21/h6-7H,3-5H2,1-2H3,(H,18,19)(H,20,21). The molecule has 0 saturated heterocycles. The zero-order valence-electron chi connectivity index (χ0n) is 11.8. The minimum atomic E-state index is -1.05. The van der Waals surface area contributed by atoms with Crippen molar-refractivity contribution in [3.8, 4) is 0 Å². The topological polar surface area (TPSA) is 110 Å². The molecule has 0 bridgehead atoms. The minimum absolute atomic E-state index is 0.0240. The summed E-state index contributed by atoms with van der Waals surface area (Å²) in [7, 11) is 0. The van der Waals surface area contributed by atoms with Crippen LogP contribution in [0.5, 0.6) is 0 Å². The van der Waals surface area contributed by atoms with Crippen molar-refractivity contribution in [3.63, 3.8) is 0 Å². The van der Waals surface area contributed by atoms with Crippen molar-refractivity contribution in [1.82, 2.24) is 19.6 Å². The highest BCUT2D eigenvalue weighted by Gasteiger charge is 2.12. The first-order valence-electron chi connectivity index (χ1n) is 6.44. The van der Waals surface area contributed by atoms with E-state index in [-0.39, 0.29) is 11.4 Å². The van der Waals surface area contributed by atoms with Crippen LogP contribution in [0.25, 0.3) is 0 Å². The van der Waals surface area contributed by atoms with E-state index in [9.17, 15) is 9.59 Å². The van der Waals surface area contributed by atoms with E-state index in [1.54, 1.807) is 23.2 Å². The average molecular weight is 292 g/mol. The maximum atomic E-state index is 10.8. The number of carboxylic acid groups (broad SMARTS) is 2. The van der Waals surface area contributed by atoms with Gasteiger partial charge in [-0.25, -0.2) is 9.59 Å². The van der Waals surface area contributed by atoms with Crippen LogP contribution in [0.1, 0.15) is 38.8 Å². The van der Waals surface area contributed by atoms with Gasteiger partial charge in [0.05, 0.1) is 0 Å². The van der Waals surface area contributed by atoms with Crippen molar-refractivity contribution in [1.29, 1.82) is 0 Å². The third-order valence-corrected chi connectivity index (χ3v) is 3.14. The molecule has 0 aliphatic rings. The van der Waals surface area contributed by atoms with Crippen molar-refractivity contribution >= 4 is 11.9 Å². The van der Waals surface area contributed by atoms with Gasteiger partial charge in [-0.1, -0.05) is 0 Å². The second-order valence-corrected chi connectivity index (χ2v) is 4.75. The van der Waals surface area contributed by atoms with Crippen LogP contribution in [0, 0.1) is 13.8 Å². The second-order valence-electron chi connectivity index (χ2n) is 4.75. The van der Waals surface area contributed by atoms with Gasteiger partial charge in [-0.3, -0.25) is 9.36 Å². The van der Waals surface area contributed by atoms with E-state index >= 15 is 0 Å². The molecule has 2 rings (SSSR count). The number of aromatic nitrogens is 4. The fourth-order valence-corrected chi connectivity index (χ4v) is 2.05. The van der Waals surface area contributed by atoms with Crippen molar-refractivity contribution in [3.05, 3.63) is 34.9 Å². The Hall–Kier alpha value is -2.64. The van der Waals surface area contributed by atoms with Crippen molar-refractivity contribution < 1.29 is 19.8 Å². The molecule has 2 aromatic rings. The fourth-order valence-electron chi connectivity index (χ4n) is 2.05. The summed E-state index contributed by atoms with van der Waals surface area (Å²) in [5, 5.41) is 25.7. The predicted octanol–water partition coefficient (Wildman–Crippen LogP) is 1.18. The Morgan fingerprint density at radius 2 is 1.33 bits per heavy atom. The number of rotatable bonds is 6. The molecule has 0 radical (unpaired) electrons. The first-order valence-corrected chi connectivity index (χ1v) is 6.44. The second kappa shape index (κ2) is 5.78. The van der Waals surface area contributed by atoms with Gasteiger partial charge in [0.2, 0.25) is 0 Å². The smallest absolute Gasteiger partial charge is 0.356 e. The van der Waals surface area contributed by atoms with Gasteiger partial charge in [-0.2, -0.15) is 10.2 Å². The largest absolute Gasteiger partial charge is 0.476 e. The summed E-state index contributed by atoms with van der Waals surface area (Å²) >= 11 is 0. The normalized spacial score (nSPS) is 10.8. The summed E-state index contributed by atoms with van der Waals surface area (Å²) < 4.78 is 3.25. The molecule has 0 aromatic carbocycles. The van der Waals surface area contributed by atoms with Crippen LogP contribution in [0.3, 0.4) is 0 Å². The van der Waals surface area contributed by atoms with Gasteiger partial charge in [-0.05, 0) is 32.4 Å². The molecule has 2 N–H and O–H groups in total. The predicted molar refractivity (Wildman–Crippen MR) is 72.5 cm³/mol. The molecule has 2 aromatic heterocycles. The van der Waals surface area contributed by atoms with Crippen LogP contribution in [0.15, 0.2) is 12.1 Å². The summed E-state index contributed by atoms with van der Waals surface area (Å²) in [4.78, 5) is 21.7. The summed E-state index contributed by atoms with van der Waals surface area (Å²) in [6.45, 7) is 4.67. The number of carbonyl (C=O) groups is 2. The molecule has 8 nitrogen and oxygen atoms in total. The lowest BCUT2D eigenvalue weighted by Crippen LogP contribution is -2.10. The molecule has 0 amide bonds. The molecular weight excluding hydrogens is 276 g/mol. The Morgan fingerprint density at radius 1 is 0.952 bits per heavy atom. The summed E-state index contributed by atoms with van der Waals surface area (Å²) in [6, 6.07) is 3.04. The maximum absolute atomic E-state index is 10.8. The fraction of sp³-hybridized carbons (Fsp3) is 0.385. The Morgan fingerprint density at radius 3 is 1.62 bits per heavy atom. The average Bonchev–Trinajstić information content (AvgIpc) is 2.95. The molecule has 112 valence electrons. The van der Waals surface area contributed by atoms with E-state index in [4.69, 9.17) is 10.2 Å². The van der Waals surface area contributed by atoms with Crippen LogP contribution in [-0.2, 0) is 13.1 Å². The molecule has 0 atom stereocenters.